The molecule has 0 amide bonds. The summed E-state index contributed by atoms with van der Waals surface area (Å²) in [5.41, 5.74) is 2.26. The highest BCUT2D eigenvalue weighted by molar-refractivity contribution is 9.10. The maximum atomic E-state index is 10.6. The molecule has 2 aliphatic rings. The van der Waals surface area contributed by atoms with Gasteiger partial charge in [-0.05, 0) is 67.9 Å². The number of thiophene rings is 1. The number of β-amino-alcohol motifs (C(OH)–C–C–N with tert-alkyl or cyclic N) is 1. The number of aliphatic hydroxyl groups excluding tert-OH is 1. The maximum absolute atomic E-state index is 10.6. The van der Waals surface area contributed by atoms with E-state index in [1.54, 1.807) is 0 Å². The molecule has 29 heavy (non-hydrogen) atoms. The summed E-state index contributed by atoms with van der Waals surface area (Å²) < 4.78 is 3.41. The molecule has 4 heterocycles. The second-order valence-electron chi connectivity index (χ2n) is 8.04. The molecular weight excluding hydrogens is 448 g/mol. The fraction of sp³-hybridized carbons (Fsp3) is 0.455. The third kappa shape index (κ3) is 3.93. The molecule has 0 spiro atoms. The molecule has 1 N–H and O–H groups in total. The predicted molar refractivity (Wildman–Crippen MR) is 119 cm³/mol. The molecule has 2 aliphatic heterocycles. The van der Waals surface area contributed by atoms with Crippen molar-refractivity contribution in [2.45, 2.75) is 44.2 Å². The van der Waals surface area contributed by atoms with Crippen LogP contribution in [-0.2, 0) is 13.0 Å². The van der Waals surface area contributed by atoms with Gasteiger partial charge in [0.15, 0.2) is 5.82 Å². The number of fused-ring (bicyclic) bond motifs is 3. The van der Waals surface area contributed by atoms with Crippen molar-refractivity contribution in [1.29, 1.82) is 0 Å². The Morgan fingerprint density at radius 3 is 2.69 bits per heavy atom. The number of rotatable bonds is 4. The van der Waals surface area contributed by atoms with Crippen molar-refractivity contribution < 1.29 is 5.11 Å². The average Bonchev–Trinajstić information content (AvgIpc) is 3.33. The van der Waals surface area contributed by atoms with Gasteiger partial charge in [0.25, 0.3) is 0 Å². The third-order valence-electron chi connectivity index (χ3n) is 6.19. The first kappa shape index (κ1) is 19.4. The van der Waals surface area contributed by atoms with Gasteiger partial charge >= 0.3 is 0 Å². The van der Waals surface area contributed by atoms with Crippen molar-refractivity contribution in [2.24, 2.45) is 0 Å². The number of aliphatic hydroxyl groups is 1. The first-order chi connectivity index (χ1) is 14.2. The smallest absolute Gasteiger partial charge is 0.165 e. The minimum Gasteiger partial charge on any atom is -0.387 e. The Morgan fingerprint density at radius 2 is 1.90 bits per heavy atom. The molecule has 3 aromatic rings. The van der Waals surface area contributed by atoms with E-state index in [0.29, 0.717) is 12.5 Å². The number of aryl methyl sites for hydroxylation is 1. The van der Waals surface area contributed by atoms with Crippen LogP contribution >= 0.6 is 27.3 Å². The molecular formula is C22H25BrN4OS. The van der Waals surface area contributed by atoms with Gasteiger partial charge < -0.3 is 14.6 Å². The van der Waals surface area contributed by atoms with Crippen LogP contribution in [-0.4, -0.2) is 44.4 Å². The molecule has 1 unspecified atom stereocenters. The van der Waals surface area contributed by atoms with E-state index in [1.165, 1.54) is 10.4 Å². The summed E-state index contributed by atoms with van der Waals surface area (Å²) in [7, 11) is 0. The largest absolute Gasteiger partial charge is 0.387 e. The van der Waals surface area contributed by atoms with Gasteiger partial charge in [-0.25, -0.2) is 0 Å². The van der Waals surface area contributed by atoms with Gasteiger partial charge in [0, 0.05) is 33.9 Å². The fourth-order valence-corrected chi connectivity index (χ4v) is 5.76. The summed E-state index contributed by atoms with van der Waals surface area (Å²) in [4.78, 5) is 3.82. The lowest BCUT2D eigenvalue weighted by Crippen LogP contribution is -2.36. The number of nitrogens with zero attached hydrogens (tertiary/aromatic N) is 4. The Morgan fingerprint density at radius 1 is 1.10 bits per heavy atom. The predicted octanol–water partition coefficient (Wildman–Crippen LogP) is 4.63. The topological polar surface area (TPSA) is 54.2 Å². The number of aromatic nitrogens is 3. The highest BCUT2D eigenvalue weighted by Gasteiger charge is 2.29. The standard InChI is InChI=1S/C22H25BrN4OS/c23-17-5-3-15(4-6-17)19(28)14-26-11-7-16(8-12-26)21-24-25-22-18-9-13-29-20(18)2-1-10-27(21)22/h3-6,9,13,16,19,28H,1-2,7-8,10-12,14H2. The van der Waals surface area contributed by atoms with Gasteiger partial charge in [0.2, 0.25) is 0 Å². The lowest BCUT2D eigenvalue weighted by molar-refractivity contribution is 0.0962. The Bertz CT molecular complexity index is 975. The van der Waals surface area contributed by atoms with Crippen molar-refractivity contribution >= 4 is 27.3 Å². The molecule has 0 radical (unpaired) electrons. The van der Waals surface area contributed by atoms with Crippen LogP contribution in [0.2, 0.25) is 0 Å². The fourth-order valence-electron chi connectivity index (χ4n) is 4.58. The van der Waals surface area contributed by atoms with Crippen molar-refractivity contribution in [3.05, 3.63) is 56.4 Å². The second-order valence-corrected chi connectivity index (χ2v) is 9.95. The molecule has 5 nitrogen and oxygen atoms in total. The van der Waals surface area contributed by atoms with Gasteiger partial charge in [-0.3, -0.25) is 0 Å². The van der Waals surface area contributed by atoms with Gasteiger partial charge in [-0.2, -0.15) is 0 Å². The third-order valence-corrected chi connectivity index (χ3v) is 7.70. The van der Waals surface area contributed by atoms with Crippen LogP contribution in [0.1, 0.15) is 47.5 Å². The highest BCUT2D eigenvalue weighted by atomic mass is 79.9. The average molecular weight is 473 g/mol. The van der Waals surface area contributed by atoms with E-state index in [0.717, 1.165) is 67.0 Å². The summed E-state index contributed by atoms with van der Waals surface area (Å²) >= 11 is 5.29. The second kappa shape index (κ2) is 8.30. The van der Waals surface area contributed by atoms with Crippen LogP contribution in [0.25, 0.3) is 11.4 Å². The Balaban J connectivity index is 1.24. The van der Waals surface area contributed by atoms with Gasteiger partial charge in [0.05, 0.1) is 6.10 Å². The van der Waals surface area contributed by atoms with Crippen LogP contribution in [0.5, 0.6) is 0 Å². The minimum atomic E-state index is -0.443. The van der Waals surface area contributed by atoms with Gasteiger partial charge in [-0.1, -0.05) is 28.1 Å². The highest BCUT2D eigenvalue weighted by Crippen LogP contribution is 2.35. The molecule has 2 aromatic heterocycles. The monoisotopic (exact) mass is 472 g/mol. The lowest BCUT2D eigenvalue weighted by atomic mass is 9.95. The quantitative estimate of drug-likeness (QED) is 0.601. The van der Waals surface area contributed by atoms with Crippen LogP contribution in [0.3, 0.4) is 0 Å². The number of likely N-dealkylation sites (tertiary alicyclic amines) is 1. The lowest BCUT2D eigenvalue weighted by Gasteiger charge is -2.33. The van der Waals surface area contributed by atoms with Gasteiger partial charge in [-0.15, -0.1) is 21.5 Å². The minimum absolute atomic E-state index is 0.443. The van der Waals surface area contributed by atoms with Crippen molar-refractivity contribution in [1.82, 2.24) is 19.7 Å². The van der Waals surface area contributed by atoms with Crippen LogP contribution in [0.4, 0.5) is 0 Å². The van der Waals surface area contributed by atoms with E-state index in [1.807, 2.05) is 35.6 Å². The molecule has 5 rings (SSSR count). The van der Waals surface area contributed by atoms with Crippen LogP contribution in [0, 0.1) is 0 Å². The zero-order valence-electron chi connectivity index (χ0n) is 16.3. The Labute approximate surface area is 183 Å². The van der Waals surface area contributed by atoms with E-state index in [4.69, 9.17) is 0 Å². The summed E-state index contributed by atoms with van der Waals surface area (Å²) in [5, 5.41) is 22.0. The number of piperidine rings is 1. The summed E-state index contributed by atoms with van der Waals surface area (Å²) in [6, 6.07) is 10.2. The van der Waals surface area contributed by atoms with Crippen molar-refractivity contribution in [3.63, 3.8) is 0 Å². The van der Waals surface area contributed by atoms with Gasteiger partial charge in [0.1, 0.15) is 5.82 Å². The Kier molecular flexibility index (Phi) is 5.56. The Hall–Kier alpha value is -1.54. The zero-order chi connectivity index (χ0) is 19.8. The first-order valence-electron chi connectivity index (χ1n) is 10.3. The normalized spacial score (nSPS) is 18.8. The van der Waals surface area contributed by atoms with E-state index in [9.17, 15) is 5.11 Å². The summed E-state index contributed by atoms with van der Waals surface area (Å²) in [5.74, 6) is 2.67. The molecule has 7 heteroatoms. The molecule has 0 aliphatic carbocycles. The van der Waals surface area contributed by atoms with E-state index < -0.39 is 6.10 Å². The van der Waals surface area contributed by atoms with E-state index in [-0.39, 0.29) is 0 Å². The number of hydrogen-bond acceptors (Lipinski definition) is 5. The number of halogens is 1. The van der Waals surface area contributed by atoms with E-state index in [2.05, 4.69) is 47.0 Å². The zero-order valence-corrected chi connectivity index (χ0v) is 18.7. The molecule has 1 atom stereocenters. The summed E-state index contributed by atoms with van der Waals surface area (Å²) in [6.45, 7) is 3.68. The molecule has 152 valence electrons. The number of benzene rings is 1. The first-order valence-corrected chi connectivity index (χ1v) is 12.0. The summed E-state index contributed by atoms with van der Waals surface area (Å²) in [6.07, 6.45) is 4.00. The molecule has 1 fully saturated rings. The molecule has 1 saturated heterocycles. The van der Waals surface area contributed by atoms with Crippen molar-refractivity contribution in [2.75, 3.05) is 19.6 Å². The number of hydrogen-bond donors (Lipinski definition) is 1. The molecule has 1 aromatic carbocycles. The SMILES string of the molecule is OC(CN1CCC(c2nnc3n2CCCc2sccc2-3)CC1)c1ccc(Br)cc1. The van der Waals surface area contributed by atoms with Crippen LogP contribution < -0.4 is 0 Å². The van der Waals surface area contributed by atoms with Crippen LogP contribution in [0.15, 0.2) is 40.2 Å². The van der Waals surface area contributed by atoms with E-state index >= 15 is 0 Å². The van der Waals surface area contributed by atoms with Crippen molar-refractivity contribution in [3.8, 4) is 11.4 Å². The molecule has 0 bridgehead atoms. The maximum Gasteiger partial charge on any atom is 0.165 e. The molecule has 0 saturated carbocycles.